The van der Waals surface area contributed by atoms with Crippen LogP contribution in [0.4, 0.5) is 5.69 Å². The zero-order valence-corrected chi connectivity index (χ0v) is 9.37. The van der Waals surface area contributed by atoms with E-state index in [2.05, 4.69) is 10.0 Å². The van der Waals surface area contributed by atoms with E-state index >= 15 is 0 Å². The number of para-hydroxylation sites is 1. The van der Waals surface area contributed by atoms with E-state index in [0.29, 0.717) is 5.69 Å². The van der Waals surface area contributed by atoms with Gasteiger partial charge >= 0.3 is 0 Å². The van der Waals surface area contributed by atoms with Crippen molar-refractivity contribution in [1.29, 1.82) is 0 Å². The normalized spacial score (nSPS) is 9.47. The van der Waals surface area contributed by atoms with Gasteiger partial charge < -0.3 is 4.74 Å². The van der Waals surface area contributed by atoms with E-state index < -0.39 is 0 Å². The molecule has 0 spiro atoms. The van der Waals surface area contributed by atoms with Crippen LogP contribution in [0.5, 0.6) is 11.5 Å². The molecule has 0 radical (unpaired) electrons. The van der Waals surface area contributed by atoms with Crippen LogP contribution in [0.25, 0.3) is 10.4 Å². The number of hydrogen-bond acceptors (Lipinski definition) is 2. The van der Waals surface area contributed by atoms with Crippen molar-refractivity contribution in [3.63, 3.8) is 0 Å². The molecule has 0 aliphatic carbocycles. The second-order valence-corrected chi connectivity index (χ2v) is 3.55. The summed E-state index contributed by atoms with van der Waals surface area (Å²) in [5.74, 6) is 1.54. The third-order valence-electron chi connectivity index (χ3n) is 2.32. The summed E-state index contributed by atoms with van der Waals surface area (Å²) in [7, 11) is 0. The molecule has 2 rings (SSSR count). The average Bonchev–Trinajstić information content (AvgIpc) is 2.35. The van der Waals surface area contributed by atoms with E-state index in [4.69, 9.17) is 10.3 Å². The molecule has 4 heteroatoms. The third kappa shape index (κ3) is 2.77. The zero-order chi connectivity index (χ0) is 12.1. The summed E-state index contributed by atoms with van der Waals surface area (Å²) in [6.45, 7) is 1.99. The van der Waals surface area contributed by atoms with Crippen molar-refractivity contribution in [3.8, 4) is 11.5 Å². The van der Waals surface area contributed by atoms with Crippen molar-refractivity contribution >= 4 is 5.69 Å². The molecular formula is C13H11N3O. The highest BCUT2D eigenvalue weighted by atomic mass is 16.5. The van der Waals surface area contributed by atoms with Crippen LogP contribution in [-0.2, 0) is 0 Å². The van der Waals surface area contributed by atoms with E-state index in [1.807, 2.05) is 31.2 Å². The van der Waals surface area contributed by atoms with E-state index in [0.717, 1.165) is 17.1 Å². The molecule has 0 saturated carbocycles. The molecule has 0 atom stereocenters. The van der Waals surface area contributed by atoms with Gasteiger partial charge in [0, 0.05) is 10.6 Å². The molecule has 0 aromatic heterocycles. The smallest absolute Gasteiger partial charge is 0.130 e. The first kappa shape index (κ1) is 11.0. The van der Waals surface area contributed by atoms with E-state index in [9.17, 15) is 0 Å². The van der Waals surface area contributed by atoms with Gasteiger partial charge in [0.05, 0.1) is 0 Å². The Hall–Kier alpha value is -2.45. The Kier molecular flexibility index (Phi) is 3.28. The Balaban J connectivity index is 2.19. The quantitative estimate of drug-likeness (QED) is 0.423. The number of ether oxygens (including phenoxy) is 1. The molecule has 17 heavy (non-hydrogen) atoms. The highest BCUT2D eigenvalue weighted by Crippen LogP contribution is 2.26. The van der Waals surface area contributed by atoms with Crippen LogP contribution < -0.4 is 4.74 Å². The van der Waals surface area contributed by atoms with Crippen LogP contribution >= 0.6 is 0 Å². The van der Waals surface area contributed by atoms with Gasteiger partial charge in [-0.15, -0.1) is 0 Å². The number of nitrogens with zero attached hydrogens (tertiary/aromatic N) is 3. The first-order chi connectivity index (χ1) is 8.29. The van der Waals surface area contributed by atoms with Crippen LogP contribution in [0.15, 0.2) is 53.6 Å². The lowest BCUT2D eigenvalue weighted by atomic mass is 10.2. The molecule has 2 aromatic carbocycles. The fraction of sp³-hybridized carbons (Fsp3) is 0.0769. The highest BCUT2D eigenvalue weighted by Gasteiger charge is 1.99. The topological polar surface area (TPSA) is 58.0 Å². The van der Waals surface area contributed by atoms with Crippen molar-refractivity contribution < 1.29 is 4.74 Å². The lowest BCUT2D eigenvalue weighted by Gasteiger charge is -2.08. The molecular weight excluding hydrogens is 214 g/mol. The maximum absolute atomic E-state index is 8.29. The minimum absolute atomic E-state index is 0.574. The number of benzene rings is 2. The largest absolute Gasteiger partial charge is 0.457 e. The standard InChI is InChI=1S/C13H11N3O/c1-10-4-2-3-5-13(10)17-12-8-6-11(7-9-12)15-16-14/h2-9H,1H3. The first-order valence-corrected chi connectivity index (χ1v) is 5.18. The lowest BCUT2D eigenvalue weighted by molar-refractivity contribution is 0.479. The fourth-order valence-electron chi connectivity index (χ4n) is 1.43. The van der Waals surface area contributed by atoms with Gasteiger partial charge in [-0.05, 0) is 48.4 Å². The van der Waals surface area contributed by atoms with Crippen molar-refractivity contribution in [2.45, 2.75) is 6.92 Å². The molecule has 84 valence electrons. The van der Waals surface area contributed by atoms with Crippen molar-refractivity contribution in [1.82, 2.24) is 0 Å². The van der Waals surface area contributed by atoms with Crippen LogP contribution in [-0.4, -0.2) is 0 Å². The summed E-state index contributed by atoms with van der Waals surface area (Å²) in [5.41, 5.74) is 9.94. The Morgan fingerprint density at radius 1 is 1.06 bits per heavy atom. The van der Waals surface area contributed by atoms with Gasteiger partial charge in [0.2, 0.25) is 0 Å². The summed E-state index contributed by atoms with van der Waals surface area (Å²) in [4.78, 5) is 2.72. The molecule has 0 aliphatic rings. The van der Waals surface area contributed by atoms with Crippen molar-refractivity contribution in [2.75, 3.05) is 0 Å². The van der Waals surface area contributed by atoms with Gasteiger partial charge in [-0.1, -0.05) is 23.3 Å². The summed E-state index contributed by atoms with van der Waals surface area (Å²) < 4.78 is 5.71. The molecule has 4 nitrogen and oxygen atoms in total. The minimum atomic E-state index is 0.574. The third-order valence-corrected chi connectivity index (χ3v) is 2.32. The number of hydrogen-bond donors (Lipinski definition) is 0. The monoisotopic (exact) mass is 225 g/mol. The zero-order valence-electron chi connectivity index (χ0n) is 9.37. The summed E-state index contributed by atoms with van der Waals surface area (Å²) in [5, 5.41) is 3.50. The average molecular weight is 225 g/mol. The van der Waals surface area contributed by atoms with Crippen LogP contribution in [0.2, 0.25) is 0 Å². The van der Waals surface area contributed by atoms with Gasteiger partial charge in [0.25, 0.3) is 0 Å². The lowest BCUT2D eigenvalue weighted by Crippen LogP contribution is -1.86. The molecule has 0 unspecified atom stereocenters. The second-order valence-electron chi connectivity index (χ2n) is 3.55. The number of azide groups is 1. The van der Waals surface area contributed by atoms with E-state index in [-0.39, 0.29) is 0 Å². The van der Waals surface area contributed by atoms with Gasteiger partial charge in [-0.3, -0.25) is 0 Å². The van der Waals surface area contributed by atoms with Crippen LogP contribution in [0, 0.1) is 6.92 Å². The Morgan fingerprint density at radius 2 is 1.76 bits per heavy atom. The molecule has 0 saturated heterocycles. The molecule has 0 bridgehead atoms. The summed E-state index contributed by atoms with van der Waals surface area (Å²) in [6.07, 6.45) is 0. The van der Waals surface area contributed by atoms with E-state index in [1.165, 1.54) is 0 Å². The van der Waals surface area contributed by atoms with Crippen LogP contribution in [0.3, 0.4) is 0 Å². The molecule has 2 aromatic rings. The highest BCUT2D eigenvalue weighted by molar-refractivity contribution is 5.43. The molecule has 0 aliphatic heterocycles. The van der Waals surface area contributed by atoms with Crippen molar-refractivity contribution in [3.05, 3.63) is 64.5 Å². The Labute approximate surface area is 99.1 Å². The van der Waals surface area contributed by atoms with Gasteiger partial charge in [-0.25, -0.2) is 0 Å². The Bertz CT molecular complexity index is 557. The molecule has 0 fully saturated rings. The molecule has 0 N–H and O–H groups in total. The summed E-state index contributed by atoms with van der Waals surface area (Å²) >= 11 is 0. The maximum Gasteiger partial charge on any atom is 0.130 e. The van der Waals surface area contributed by atoms with Gasteiger partial charge in [0.1, 0.15) is 11.5 Å². The summed E-state index contributed by atoms with van der Waals surface area (Å²) in [6, 6.07) is 14.8. The predicted molar refractivity (Wildman–Crippen MR) is 66.5 cm³/mol. The minimum Gasteiger partial charge on any atom is -0.457 e. The Morgan fingerprint density at radius 3 is 2.41 bits per heavy atom. The van der Waals surface area contributed by atoms with Crippen LogP contribution in [0.1, 0.15) is 5.56 Å². The maximum atomic E-state index is 8.29. The predicted octanol–water partition coefficient (Wildman–Crippen LogP) is 4.73. The van der Waals surface area contributed by atoms with E-state index in [1.54, 1.807) is 24.3 Å². The SMILES string of the molecule is Cc1ccccc1Oc1ccc(N=[N+]=[N-])cc1. The first-order valence-electron chi connectivity index (χ1n) is 5.18. The molecule has 0 amide bonds. The number of rotatable bonds is 3. The van der Waals surface area contributed by atoms with Crippen molar-refractivity contribution in [2.24, 2.45) is 5.11 Å². The second kappa shape index (κ2) is 5.05. The van der Waals surface area contributed by atoms with Gasteiger partial charge in [-0.2, -0.15) is 0 Å². The van der Waals surface area contributed by atoms with Gasteiger partial charge in [0.15, 0.2) is 0 Å². The molecule has 0 heterocycles. The fourth-order valence-corrected chi connectivity index (χ4v) is 1.43. The number of aryl methyl sites for hydroxylation is 1.